The zero-order valence-corrected chi connectivity index (χ0v) is 10.7. The largest absolute Gasteiger partial charge is 0.332 e. The van der Waals surface area contributed by atoms with Crippen LogP contribution in [-0.2, 0) is 13.0 Å². The highest BCUT2D eigenvalue weighted by atomic mass is 16.2. The summed E-state index contributed by atoms with van der Waals surface area (Å²) in [7, 11) is 0. The lowest BCUT2D eigenvalue weighted by Crippen LogP contribution is -2.36. The van der Waals surface area contributed by atoms with Crippen LogP contribution < -0.4 is 5.56 Å². The van der Waals surface area contributed by atoms with Crippen LogP contribution in [0.3, 0.4) is 0 Å². The van der Waals surface area contributed by atoms with Gasteiger partial charge in [0, 0.05) is 17.7 Å². The summed E-state index contributed by atoms with van der Waals surface area (Å²) in [5.41, 5.74) is 3.28. The number of carbonyl (C=O) groups is 1. The summed E-state index contributed by atoms with van der Waals surface area (Å²) in [6.07, 6.45) is 0.603. The van der Waals surface area contributed by atoms with Crippen LogP contribution >= 0.6 is 0 Å². The van der Waals surface area contributed by atoms with E-state index in [-0.39, 0.29) is 11.5 Å². The zero-order valence-electron chi connectivity index (χ0n) is 10.7. The summed E-state index contributed by atoms with van der Waals surface area (Å²) >= 11 is 0. The molecule has 2 aromatic rings. The van der Waals surface area contributed by atoms with Crippen molar-refractivity contribution in [1.29, 1.82) is 0 Å². The summed E-state index contributed by atoms with van der Waals surface area (Å²) in [6.45, 7) is 3.01. The fraction of sp³-hybridized carbons (Fsp3) is 0.286. The minimum absolute atomic E-state index is 0.0106. The minimum atomic E-state index is -0.0716. The SMILES string of the molecule is Cc1cccc(C(=O)N2CCc3c([nH][nH]c3=O)C2)c1. The van der Waals surface area contributed by atoms with Crippen LogP contribution in [-0.4, -0.2) is 27.5 Å². The molecule has 19 heavy (non-hydrogen) atoms. The van der Waals surface area contributed by atoms with Gasteiger partial charge in [-0.15, -0.1) is 0 Å². The first-order valence-corrected chi connectivity index (χ1v) is 6.29. The molecule has 0 radical (unpaired) electrons. The molecular weight excluding hydrogens is 242 g/mol. The van der Waals surface area contributed by atoms with Gasteiger partial charge in [0.2, 0.25) is 0 Å². The Morgan fingerprint density at radius 1 is 1.32 bits per heavy atom. The Morgan fingerprint density at radius 2 is 2.16 bits per heavy atom. The Hall–Kier alpha value is -2.30. The van der Waals surface area contributed by atoms with Gasteiger partial charge < -0.3 is 10.00 Å². The van der Waals surface area contributed by atoms with Gasteiger partial charge >= 0.3 is 0 Å². The van der Waals surface area contributed by atoms with Gasteiger partial charge in [0.15, 0.2) is 0 Å². The summed E-state index contributed by atoms with van der Waals surface area (Å²) in [5.74, 6) is 0.0106. The number of aryl methyl sites for hydroxylation is 1. The molecule has 98 valence electrons. The second-order valence-electron chi connectivity index (χ2n) is 4.88. The molecule has 2 N–H and O–H groups in total. The maximum absolute atomic E-state index is 12.4. The van der Waals surface area contributed by atoms with E-state index in [2.05, 4.69) is 10.2 Å². The third-order valence-electron chi connectivity index (χ3n) is 3.50. The highest BCUT2D eigenvalue weighted by molar-refractivity contribution is 5.94. The lowest BCUT2D eigenvalue weighted by molar-refractivity contribution is 0.0732. The van der Waals surface area contributed by atoms with Gasteiger partial charge in [-0.25, -0.2) is 0 Å². The number of rotatable bonds is 1. The molecule has 0 fully saturated rings. The van der Waals surface area contributed by atoms with Crippen molar-refractivity contribution < 1.29 is 4.79 Å². The summed E-state index contributed by atoms with van der Waals surface area (Å²) in [5, 5.41) is 5.41. The van der Waals surface area contributed by atoms with Gasteiger partial charge in [-0.3, -0.25) is 14.7 Å². The lowest BCUT2D eigenvalue weighted by Gasteiger charge is -2.26. The van der Waals surface area contributed by atoms with Crippen molar-refractivity contribution in [2.24, 2.45) is 0 Å². The number of benzene rings is 1. The first kappa shape index (κ1) is 11.8. The van der Waals surface area contributed by atoms with E-state index >= 15 is 0 Å². The third-order valence-corrected chi connectivity index (χ3v) is 3.50. The van der Waals surface area contributed by atoms with Gasteiger partial charge in [0.25, 0.3) is 11.5 Å². The van der Waals surface area contributed by atoms with E-state index in [1.807, 2.05) is 31.2 Å². The highest BCUT2D eigenvalue weighted by Gasteiger charge is 2.24. The maximum atomic E-state index is 12.4. The van der Waals surface area contributed by atoms with Gasteiger partial charge in [-0.2, -0.15) is 0 Å². The van der Waals surface area contributed by atoms with Crippen LogP contribution in [0.5, 0.6) is 0 Å². The molecule has 1 amide bonds. The Labute approximate surface area is 110 Å². The number of aromatic nitrogens is 2. The zero-order chi connectivity index (χ0) is 13.4. The number of hydrogen-bond acceptors (Lipinski definition) is 2. The quantitative estimate of drug-likeness (QED) is 0.806. The molecule has 2 heterocycles. The molecule has 5 nitrogen and oxygen atoms in total. The molecule has 3 rings (SSSR count). The van der Waals surface area contributed by atoms with Gasteiger partial charge in [0.1, 0.15) is 0 Å². The Bertz CT molecular complexity index is 684. The summed E-state index contributed by atoms with van der Waals surface area (Å²) in [4.78, 5) is 25.6. The number of amides is 1. The number of nitrogens with zero attached hydrogens (tertiary/aromatic N) is 1. The molecule has 0 saturated heterocycles. The second-order valence-corrected chi connectivity index (χ2v) is 4.88. The van der Waals surface area contributed by atoms with Crippen molar-refractivity contribution in [2.75, 3.05) is 6.54 Å². The average molecular weight is 257 g/mol. The van der Waals surface area contributed by atoms with Crippen molar-refractivity contribution in [3.8, 4) is 0 Å². The topological polar surface area (TPSA) is 69.0 Å². The van der Waals surface area contributed by atoms with E-state index in [1.54, 1.807) is 4.90 Å². The van der Waals surface area contributed by atoms with E-state index in [0.29, 0.717) is 25.1 Å². The van der Waals surface area contributed by atoms with Gasteiger partial charge in [0.05, 0.1) is 12.2 Å². The first-order valence-electron chi connectivity index (χ1n) is 6.29. The van der Waals surface area contributed by atoms with Crippen molar-refractivity contribution in [3.63, 3.8) is 0 Å². The average Bonchev–Trinajstić information content (AvgIpc) is 2.79. The Balaban J connectivity index is 1.85. The molecule has 0 spiro atoms. The molecule has 0 unspecified atom stereocenters. The minimum Gasteiger partial charge on any atom is -0.332 e. The number of carbonyl (C=O) groups excluding carboxylic acids is 1. The molecule has 0 aliphatic carbocycles. The Kier molecular flexibility index (Phi) is 2.74. The fourth-order valence-corrected chi connectivity index (χ4v) is 2.47. The smallest absolute Gasteiger partial charge is 0.267 e. The lowest BCUT2D eigenvalue weighted by atomic mass is 10.1. The summed E-state index contributed by atoms with van der Waals surface area (Å²) in [6, 6.07) is 7.56. The standard InChI is InChI=1S/C14H15N3O2/c1-9-3-2-4-10(7-9)14(19)17-6-5-11-12(8-17)15-16-13(11)18/h2-4,7H,5-6,8H2,1H3,(H2,15,16,18). The molecule has 1 aromatic carbocycles. The van der Waals surface area contributed by atoms with Gasteiger partial charge in [-0.05, 0) is 25.5 Å². The first-order chi connectivity index (χ1) is 9.15. The molecule has 0 atom stereocenters. The van der Waals surface area contributed by atoms with Gasteiger partial charge in [-0.1, -0.05) is 17.7 Å². The normalized spacial score (nSPS) is 14.3. The van der Waals surface area contributed by atoms with E-state index in [4.69, 9.17) is 0 Å². The van der Waals surface area contributed by atoms with E-state index in [0.717, 1.165) is 16.8 Å². The van der Waals surface area contributed by atoms with Crippen LogP contribution in [0.25, 0.3) is 0 Å². The van der Waals surface area contributed by atoms with Crippen LogP contribution in [0.15, 0.2) is 29.1 Å². The predicted octanol–water partition coefficient (Wildman–Crippen LogP) is 1.21. The monoisotopic (exact) mass is 257 g/mol. The number of aromatic amines is 2. The predicted molar refractivity (Wildman–Crippen MR) is 71.0 cm³/mol. The van der Waals surface area contributed by atoms with Crippen LogP contribution in [0, 0.1) is 6.92 Å². The number of nitrogens with one attached hydrogen (secondary N) is 2. The second kappa shape index (κ2) is 4.42. The molecule has 5 heteroatoms. The van der Waals surface area contributed by atoms with Crippen LogP contribution in [0.4, 0.5) is 0 Å². The highest BCUT2D eigenvalue weighted by Crippen LogP contribution is 2.16. The summed E-state index contributed by atoms with van der Waals surface area (Å²) < 4.78 is 0. The maximum Gasteiger partial charge on any atom is 0.267 e. The molecule has 1 aliphatic rings. The molecule has 0 saturated carbocycles. The third kappa shape index (κ3) is 2.07. The van der Waals surface area contributed by atoms with Crippen molar-refractivity contribution in [2.45, 2.75) is 19.9 Å². The van der Waals surface area contributed by atoms with Crippen molar-refractivity contribution in [3.05, 3.63) is 57.0 Å². The fourth-order valence-electron chi connectivity index (χ4n) is 2.47. The number of hydrogen-bond donors (Lipinski definition) is 2. The van der Waals surface area contributed by atoms with Crippen LogP contribution in [0.2, 0.25) is 0 Å². The van der Waals surface area contributed by atoms with E-state index < -0.39 is 0 Å². The number of fused-ring (bicyclic) bond motifs is 1. The van der Waals surface area contributed by atoms with E-state index in [1.165, 1.54) is 0 Å². The van der Waals surface area contributed by atoms with Crippen LogP contribution in [0.1, 0.15) is 27.2 Å². The number of H-pyrrole nitrogens is 2. The van der Waals surface area contributed by atoms with E-state index in [9.17, 15) is 9.59 Å². The van der Waals surface area contributed by atoms with Crippen molar-refractivity contribution in [1.82, 2.24) is 15.1 Å². The molecule has 0 bridgehead atoms. The Morgan fingerprint density at radius 3 is 2.95 bits per heavy atom. The molecule has 1 aliphatic heterocycles. The molecular formula is C14H15N3O2. The molecule has 1 aromatic heterocycles. The van der Waals surface area contributed by atoms with Crippen molar-refractivity contribution >= 4 is 5.91 Å².